The fourth-order valence-electron chi connectivity index (χ4n) is 1.32. The zero-order valence-electron chi connectivity index (χ0n) is 10.4. The smallest absolute Gasteiger partial charge is 0.229 e. The van der Waals surface area contributed by atoms with E-state index in [-0.39, 0.29) is 5.78 Å². The Bertz CT molecular complexity index is 323. The van der Waals surface area contributed by atoms with Gasteiger partial charge in [-0.3, -0.25) is 4.79 Å². The highest BCUT2D eigenvalue weighted by molar-refractivity contribution is 5.99. The molecule has 0 amide bonds. The SMILES string of the molecule is CC(C)CCOC(C)(C)C(=O)c1ccco1. The van der Waals surface area contributed by atoms with Gasteiger partial charge >= 0.3 is 0 Å². The van der Waals surface area contributed by atoms with Crippen molar-refractivity contribution >= 4 is 5.78 Å². The zero-order valence-corrected chi connectivity index (χ0v) is 10.4. The summed E-state index contributed by atoms with van der Waals surface area (Å²) < 4.78 is 10.7. The van der Waals surface area contributed by atoms with Gasteiger partial charge < -0.3 is 9.15 Å². The first kappa shape index (κ1) is 13.0. The predicted molar refractivity (Wildman–Crippen MR) is 62.5 cm³/mol. The lowest BCUT2D eigenvalue weighted by Crippen LogP contribution is -2.35. The number of hydrogen-bond acceptors (Lipinski definition) is 3. The summed E-state index contributed by atoms with van der Waals surface area (Å²) in [6.45, 7) is 8.41. The van der Waals surface area contributed by atoms with E-state index in [4.69, 9.17) is 9.15 Å². The van der Waals surface area contributed by atoms with Crippen molar-refractivity contribution in [2.24, 2.45) is 5.92 Å². The summed E-state index contributed by atoms with van der Waals surface area (Å²) in [5, 5.41) is 0. The van der Waals surface area contributed by atoms with Crippen molar-refractivity contribution in [2.75, 3.05) is 6.61 Å². The average molecular weight is 224 g/mol. The molecule has 0 spiro atoms. The van der Waals surface area contributed by atoms with Crippen molar-refractivity contribution in [3.8, 4) is 0 Å². The minimum absolute atomic E-state index is 0.110. The lowest BCUT2D eigenvalue weighted by atomic mass is 10.0. The fraction of sp³-hybridized carbons (Fsp3) is 0.615. The Hall–Kier alpha value is -1.09. The van der Waals surface area contributed by atoms with Gasteiger partial charge in [0.05, 0.1) is 6.26 Å². The number of Topliss-reactive ketones (excluding diaryl/α,β-unsaturated/α-hetero) is 1. The molecule has 0 fully saturated rings. The zero-order chi connectivity index (χ0) is 12.2. The maximum Gasteiger partial charge on any atom is 0.229 e. The largest absolute Gasteiger partial charge is 0.461 e. The summed E-state index contributed by atoms with van der Waals surface area (Å²) in [5.41, 5.74) is -0.813. The molecule has 1 rings (SSSR count). The molecule has 0 saturated carbocycles. The first-order valence-corrected chi connectivity index (χ1v) is 5.66. The van der Waals surface area contributed by atoms with Crippen molar-refractivity contribution in [3.63, 3.8) is 0 Å². The van der Waals surface area contributed by atoms with Crippen LogP contribution in [-0.4, -0.2) is 18.0 Å². The van der Waals surface area contributed by atoms with Gasteiger partial charge in [-0.05, 0) is 38.3 Å². The van der Waals surface area contributed by atoms with Gasteiger partial charge in [-0.2, -0.15) is 0 Å². The average Bonchev–Trinajstić information content (AvgIpc) is 2.68. The molecule has 0 aliphatic heterocycles. The molecule has 90 valence electrons. The van der Waals surface area contributed by atoms with E-state index in [1.54, 1.807) is 26.0 Å². The van der Waals surface area contributed by atoms with Gasteiger partial charge in [0.2, 0.25) is 5.78 Å². The second-order valence-corrected chi connectivity index (χ2v) is 4.85. The number of carbonyl (C=O) groups is 1. The van der Waals surface area contributed by atoms with E-state index in [0.717, 1.165) is 6.42 Å². The number of hydrogen-bond donors (Lipinski definition) is 0. The minimum Gasteiger partial charge on any atom is -0.461 e. The topological polar surface area (TPSA) is 39.4 Å². The van der Waals surface area contributed by atoms with E-state index in [0.29, 0.717) is 18.3 Å². The number of ketones is 1. The van der Waals surface area contributed by atoms with Crippen LogP contribution in [-0.2, 0) is 4.74 Å². The highest BCUT2D eigenvalue weighted by Gasteiger charge is 2.31. The van der Waals surface area contributed by atoms with Gasteiger partial charge in [-0.25, -0.2) is 0 Å². The van der Waals surface area contributed by atoms with Crippen LogP contribution in [0.25, 0.3) is 0 Å². The van der Waals surface area contributed by atoms with Gasteiger partial charge in [-0.1, -0.05) is 13.8 Å². The minimum atomic E-state index is -0.813. The molecule has 3 nitrogen and oxygen atoms in total. The van der Waals surface area contributed by atoms with Gasteiger partial charge in [-0.15, -0.1) is 0 Å². The number of rotatable bonds is 6. The summed E-state index contributed by atoms with van der Waals surface area (Å²) in [7, 11) is 0. The molecule has 3 heteroatoms. The first-order chi connectivity index (χ1) is 7.43. The maximum atomic E-state index is 12.0. The molecule has 0 aliphatic rings. The molecule has 1 heterocycles. The second-order valence-electron chi connectivity index (χ2n) is 4.85. The van der Waals surface area contributed by atoms with E-state index >= 15 is 0 Å². The van der Waals surface area contributed by atoms with Crippen LogP contribution < -0.4 is 0 Å². The summed E-state index contributed by atoms with van der Waals surface area (Å²) in [6.07, 6.45) is 2.45. The molecule has 16 heavy (non-hydrogen) atoms. The van der Waals surface area contributed by atoms with Crippen molar-refractivity contribution in [1.82, 2.24) is 0 Å². The van der Waals surface area contributed by atoms with Crippen LogP contribution in [0.1, 0.15) is 44.7 Å². The van der Waals surface area contributed by atoms with Crippen molar-refractivity contribution in [1.29, 1.82) is 0 Å². The molecule has 0 bridgehead atoms. The van der Waals surface area contributed by atoms with Gasteiger partial charge in [0.15, 0.2) is 5.76 Å². The molecular formula is C13H20O3. The van der Waals surface area contributed by atoms with E-state index in [1.807, 2.05) is 0 Å². The monoisotopic (exact) mass is 224 g/mol. The molecule has 0 unspecified atom stereocenters. The Morgan fingerprint density at radius 2 is 2.19 bits per heavy atom. The van der Waals surface area contributed by atoms with Gasteiger partial charge in [0.25, 0.3) is 0 Å². The summed E-state index contributed by atoms with van der Waals surface area (Å²) in [5.74, 6) is 0.824. The third-order valence-corrected chi connectivity index (χ3v) is 2.45. The molecule has 0 N–H and O–H groups in total. The van der Waals surface area contributed by atoms with Gasteiger partial charge in [0, 0.05) is 6.61 Å². The molecule has 0 aliphatic carbocycles. The third-order valence-electron chi connectivity index (χ3n) is 2.45. The summed E-state index contributed by atoms with van der Waals surface area (Å²) in [6, 6.07) is 3.37. The van der Waals surface area contributed by atoms with Crippen LogP contribution in [0.15, 0.2) is 22.8 Å². The van der Waals surface area contributed by atoms with Crippen LogP contribution in [0.3, 0.4) is 0 Å². The molecule has 0 radical (unpaired) electrons. The predicted octanol–water partition coefficient (Wildman–Crippen LogP) is 3.30. The maximum absolute atomic E-state index is 12.0. The van der Waals surface area contributed by atoms with Crippen molar-refractivity contribution < 1.29 is 13.9 Å². The first-order valence-electron chi connectivity index (χ1n) is 5.66. The van der Waals surface area contributed by atoms with Crippen LogP contribution in [0.2, 0.25) is 0 Å². The van der Waals surface area contributed by atoms with E-state index in [1.165, 1.54) is 6.26 Å². The Balaban J connectivity index is 2.53. The van der Waals surface area contributed by atoms with E-state index < -0.39 is 5.60 Å². The Morgan fingerprint density at radius 3 is 2.69 bits per heavy atom. The fourth-order valence-corrected chi connectivity index (χ4v) is 1.32. The third kappa shape index (κ3) is 3.49. The highest BCUT2D eigenvalue weighted by atomic mass is 16.5. The number of ether oxygens (including phenoxy) is 1. The van der Waals surface area contributed by atoms with Crippen molar-refractivity contribution in [2.45, 2.75) is 39.7 Å². The summed E-state index contributed by atoms with van der Waals surface area (Å²) in [4.78, 5) is 12.0. The molecule has 0 saturated heterocycles. The quantitative estimate of drug-likeness (QED) is 0.696. The molecule has 1 aromatic heterocycles. The lowest BCUT2D eigenvalue weighted by Gasteiger charge is -2.23. The van der Waals surface area contributed by atoms with Crippen LogP contribution in [0.5, 0.6) is 0 Å². The molecule has 1 aromatic rings. The van der Waals surface area contributed by atoms with E-state index in [2.05, 4.69) is 13.8 Å². The molecule has 0 atom stereocenters. The van der Waals surface area contributed by atoms with Crippen LogP contribution in [0.4, 0.5) is 0 Å². The highest BCUT2D eigenvalue weighted by Crippen LogP contribution is 2.18. The lowest BCUT2D eigenvalue weighted by molar-refractivity contribution is -0.00987. The summed E-state index contributed by atoms with van der Waals surface area (Å²) >= 11 is 0. The number of carbonyl (C=O) groups excluding carboxylic acids is 1. The molecule has 0 aromatic carbocycles. The Kier molecular flexibility index (Phi) is 4.30. The Labute approximate surface area is 96.8 Å². The second kappa shape index (κ2) is 5.30. The normalized spacial score (nSPS) is 12.1. The van der Waals surface area contributed by atoms with Gasteiger partial charge in [0.1, 0.15) is 5.60 Å². The van der Waals surface area contributed by atoms with E-state index in [9.17, 15) is 4.79 Å². The molecular weight excluding hydrogens is 204 g/mol. The van der Waals surface area contributed by atoms with Crippen LogP contribution >= 0.6 is 0 Å². The van der Waals surface area contributed by atoms with Crippen molar-refractivity contribution in [3.05, 3.63) is 24.2 Å². The number of furan rings is 1. The Morgan fingerprint density at radius 1 is 1.50 bits per heavy atom. The standard InChI is InChI=1S/C13H20O3/c1-10(2)7-9-16-13(3,4)12(14)11-6-5-8-15-11/h5-6,8,10H,7,9H2,1-4H3. The van der Waals surface area contributed by atoms with Crippen LogP contribution in [0, 0.1) is 5.92 Å².